The average Bonchev–Trinajstić information content (AvgIpc) is 2.26. The molecule has 16 heavy (non-hydrogen) atoms. The van der Waals surface area contributed by atoms with Crippen LogP contribution in [0.4, 0.5) is 4.39 Å². The molecule has 0 radical (unpaired) electrons. The molecule has 0 aliphatic heterocycles. The van der Waals surface area contributed by atoms with Crippen molar-refractivity contribution in [2.24, 2.45) is 11.7 Å². The van der Waals surface area contributed by atoms with Gasteiger partial charge >= 0.3 is 0 Å². The average molecular weight is 241 g/mol. The molecule has 1 rings (SSSR count). The van der Waals surface area contributed by atoms with E-state index in [1.807, 2.05) is 11.8 Å². The summed E-state index contributed by atoms with van der Waals surface area (Å²) < 4.78 is 12.7. The van der Waals surface area contributed by atoms with Gasteiger partial charge < -0.3 is 5.73 Å². The van der Waals surface area contributed by atoms with E-state index >= 15 is 0 Å². The summed E-state index contributed by atoms with van der Waals surface area (Å²) in [6.45, 7) is 6.63. The van der Waals surface area contributed by atoms with Crippen molar-refractivity contribution in [3.05, 3.63) is 35.6 Å². The first-order valence-corrected chi connectivity index (χ1v) is 6.68. The number of hydrogen-bond donors (Lipinski definition) is 1. The third-order valence-electron chi connectivity index (χ3n) is 2.78. The molecule has 0 amide bonds. The first-order chi connectivity index (χ1) is 7.50. The van der Waals surface area contributed by atoms with Crippen molar-refractivity contribution in [1.29, 1.82) is 0 Å². The minimum absolute atomic E-state index is 0.00759. The Morgan fingerprint density at radius 1 is 1.19 bits per heavy atom. The van der Waals surface area contributed by atoms with Crippen molar-refractivity contribution in [3.63, 3.8) is 0 Å². The molecule has 0 aliphatic rings. The molecule has 2 unspecified atom stereocenters. The lowest BCUT2D eigenvalue weighted by Crippen LogP contribution is -2.16. The van der Waals surface area contributed by atoms with Crippen molar-refractivity contribution in [2.75, 3.05) is 5.75 Å². The van der Waals surface area contributed by atoms with E-state index in [4.69, 9.17) is 5.73 Å². The second-order valence-corrected chi connectivity index (χ2v) is 5.85. The molecule has 0 bridgehead atoms. The highest BCUT2D eigenvalue weighted by Gasteiger charge is 2.11. The zero-order valence-corrected chi connectivity index (χ0v) is 10.9. The Kier molecular flexibility index (Phi) is 5.29. The predicted octanol–water partition coefficient (Wildman–Crippen LogP) is 3.60. The Balaban J connectivity index is 2.46. The van der Waals surface area contributed by atoms with Crippen molar-refractivity contribution in [1.82, 2.24) is 0 Å². The van der Waals surface area contributed by atoms with E-state index < -0.39 is 0 Å². The lowest BCUT2D eigenvalue weighted by atomic mass is 10.1. The smallest absolute Gasteiger partial charge is 0.123 e. The van der Waals surface area contributed by atoms with E-state index in [0.29, 0.717) is 11.2 Å². The van der Waals surface area contributed by atoms with Crippen LogP contribution in [0.5, 0.6) is 0 Å². The molecular formula is C13H20FNS. The Morgan fingerprint density at radius 3 is 2.25 bits per heavy atom. The molecule has 2 N–H and O–H groups in total. The molecule has 0 saturated heterocycles. The summed E-state index contributed by atoms with van der Waals surface area (Å²) in [6, 6.07) is 6.45. The fourth-order valence-electron chi connectivity index (χ4n) is 1.25. The number of rotatable bonds is 5. The van der Waals surface area contributed by atoms with Crippen LogP contribution in [0.3, 0.4) is 0 Å². The van der Waals surface area contributed by atoms with E-state index in [-0.39, 0.29) is 11.9 Å². The second kappa shape index (κ2) is 6.26. The SMILES string of the molecule is CC(C)C(C)SCC(N)c1ccc(F)cc1. The first kappa shape index (κ1) is 13.5. The highest BCUT2D eigenvalue weighted by atomic mass is 32.2. The normalized spacial score (nSPS) is 15.1. The molecule has 1 nitrogen and oxygen atoms in total. The zero-order valence-electron chi connectivity index (χ0n) is 10.1. The molecule has 0 aliphatic carbocycles. The van der Waals surface area contributed by atoms with Crippen LogP contribution in [-0.2, 0) is 0 Å². The Hall–Kier alpha value is -0.540. The standard InChI is InChI=1S/C13H20FNS/c1-9(2)10(3)16-8-13(15)11-4-6-12(14)7-5-11/h4-7,9-10,13H,8,15H2,1-3H3. The summed E-state index contributed by atoms with van der Waals surface area (Å²) in [5.41, 5.74) is 7.05. The monoisotopic (exact) mass is 241 g/mol. The number of benzene rings is 1. The van der Waals surface area contributed by atoms with Gasteiger partial charge in [0, 0.05) is 17.0 Å². The third kappa shape index (κ3) is 4.14. The van der Waals surface area contributed by atoms with Crippen molar-refractivity contribution in [2.45, 2.75) is 32.1 Å². The van der Waals surface area contributed by atoms with Crippen LogP contribution in [0.15, 0.2) is 24.3 Å². The van der Waals surface area contributed by atoms with Gasteiger partial charge in [0.2, 0.25) is 0 Å². The van der Waals surface area contributed by atoms with Gasteiger partial charge in [-0.2, -0.15) is 11.8 Å². The zero-order chi connectivity index (χ0) is 12.1. The summed E-state index contributed by atoms with van der Waals surface area (Å²) in [4.78, 5) is 0. The van der Waals surface area contributed by atoms with Crippen LogP contribution >= 0.6 is 11.8 Å². The van der Waals surface area contributed by atoms with Gasteiger partial charge in [-0.25, -0.2) is 4.39 Å². The molecule has 90 valence electrons. The van der Waals surface area contributed by atoms with E-state index in [2.05, 4.69) is 20.8 Å². The van der Waals surface area contributed by atoms with E-state index in [9.17, 15) is 4.39 Å². The van der Waals surface area contributed by atoms with Gasteiger partial charge in [0.05, 0.1) is 0 Å². The van der Waals surface area contributed by atoms with E-state index in [1.165, 1.54) is 12.1 Å². The Labute approximate surface area is 102 Å². The van der Waals surface area contributed by atoms with Gasteiger partial charge in [-0.05, 0) is 23.6 Å². The summed E-state index contributed by atoms with van der Waals surface area (Å²) >= 11 is 1.87. The maximum Gasteiger partial charge on any atom is 0.123 e. The number of nitrogens with two attached hydrogens (primary N) is 1. The molecule has 0 aromatic heterocycles. The molecule has 1 aromatic rings. The summed E-state index contributed by atoms with van der Waals surface area (Å²) in [7, 11) is 0. The van der Waals surface area contributed by atoms with Crippen LogP contribution in [-0.4, -0.2) is 11.0 Å². The number of halogens is 1. The Morgan fingerprint density at radius 2 is 1.75 bits per heavy atom. The van der Waals surface area contributed by atoms with Crippen LogP contribution < -0.4 is 5.73 Å². The van der Waals surface area contributed by atoms with Gasteiger partial charge in [0.1, 0.15) is 5.82 Å². The van der Waals surface area contributed by atoms with Gasteiger partial charge in [-0.15, -0.1) is 0 Å². The lowest BCUT2D eigenvalue weighted by Gasteiger charge is -2.18. The number of thioether (sulfide) groups is 1. The van der Waals surface area contributed by atoms with Gasteiger partial charge in [-0.3, -0.25) is 0 Å². The molecule has 0 saturated carbocycles. The highest BCUT2D eigenvalue weighted by molar-refractivity contribution is 7.99. The van der Waals surface area contributed by atoms with Crippen molar-refractivity contribution >= 4 is 11.8 Å². The van der Waals surface area contributed by atoms with Gasteiger partial charge in [0.25, 0.3) is 0 Å². The molecule has 2 atom stereocenters. The van der Waals surface area contributed by atoms with Gasteiger partial charge in [-0.1, -0.05) is 32.9 Å². The summed E-state index contributed by atoms with van der Waals surface area (Å²) in [5, 5.41) is 0.603. The van der Waals surface area contributed by atoms with Crippen LogP contribution in [0.2, 0.25) is 0 Å². The molecule has 0 fully saturated rings. The molecule has 0 spiro atoms. The number of hydrogen-bond acceptors (Lipinski definition) is 2. The summed E-state index contributed by atoms with van der Waals surface area (Å²) in [6.07, 6.45) is 0. The molecule has 3 heteroatoms. The fourth-order valence-corrected chi connectivity index (χ4v) is 2.34. The Bertz CT molecular complexity index is 310. The molecule has 0 heterocycles. The minimum Gasteiger partial charge on any atom is -0.323 e. The van der Waals surface area contributed by atoms with Gasteiger partial charge in [0.15, 0.2) is 0 Å². The van der Waals surface area contributed by atoms with Crippen LogP contribution in [0.25, 0.3) is 0 Å². The maximum absolute atomic E-state index is 12.7. The molecular weight excluding hydrogens is 221 g/mol. The minimum atomic E-state index is -0.209. The third-order valence-corrected chi connectivity index (χ3v) is 4.40. The first-order valence-electron chi connectivity index (χ1n) is 5.63. The largest absolute Gasteiger partial charge is 0.323 e. The maximum atomic E-state index is 12.7. The lowest BCUT2D eigenvalue weighted by molar-refractivity contribution is 0.625. The van der Waals surface area contributed by atoms with E-state index in [0.717, 1.165) is 11.3 Å². The predicted molar refractivity (Wildman–Crippen MR) is 70.1 cm³/mol. The topological polar surface area (TPSA) is 26.0 Å². The fraction of sp³-hybridized carbons (Fsp3) is 0.538. The van der Waals surface area contributed by atoms with Crippen molar-refractivity contribution in [3.8, 4) is 0 Å². The quantitative estimate of drug-likeness (QED) is 0.852. The van der Waals surface area contributed by atoms with E-state index in [1.54, 1.807) is 12.1 Å². The summed E-state index contributed by atoms with van der Waals surface area (Å²) in [5.74, 6) is 1.33. The highest BCUT2D eigenvalue weighted by Crippen LogP contribution is 2.23. The van der Waals surface area contributed by atoms with Crippen molar-refractivity contribution < 1.29 is 4.39 Å². The molecule has 1 aromatic carbocycles. The van der Waals surface area contributed by atoms with Crippen LogP contribution in [0.1, 0.15) is 32.4 Å². The van der Waals surface area contributed by atoms with Crippen LogP contribution in [0, 0.1) is 11.7 Å². The second-order valence-electron chi connectivity index (χ2n) is 4.44.